The number of nitriles is 2. The summed E-state index contributed by atoms with van der Waals surface area (Å²) in [6.07, 6.45) is 7.18. The van der Waals surface area contributed by atoms with Gasteiger partial charge in [0.15, 0.2) is 23.3 Å². The molecule has 0 bridgehead atoms. The van der Waals surface area contributed by atoms with Gasteiger partial charge in [-0.15, -0.1) is 0 Å². The number of benzene rings is 2. The molecule has 69 heavy (non-hydrogen) atoms. The molecule has 21 heteroatoms. The van der Waals surface area contributed by atoms with Crippen molar-refractivity contribution < 1.29 is 77.3 Å². The summed E-state index contributed by atoms with van der Waals surface area (Å²) in [6.45, 7) is 0. The number of carbonyl (C=O) groups is 4. The van der Waals surface area contributed by atoms with E-state index >= 15 is 0 Å². The van der Waals surface area contributed by atoms with Gasteiger partial charge in [0.2, 0.25) is 0 Å². The van der Waals surface area contributed by atoms with Crippen molar-refractivity contribution >= 4 is 23.9 Å². The molecule has 2 aromatic carbocycles. The molecule has 0 N–H and O–H groups in total. The molecule has 6 heterocycles. The van der Waals surface area contributed by atoms with Gasteiger partial charge in [-0.05, 0) is 48.5 Å². The summed E-state index contributed by atoms with van der Waals surface area (Å²) >= 11 is 0. The predicted octanol–water partition coefficient (Wildman–Crippen LogP) is 3.57. The number of carboxylic acid groups (broad SMARTS) is 4. The minimum Gasteiger partial charge on any atom is -0.543 e. The third kappa shape index (κ3) is 18.5. The Kier molecular flexibility index (Phi) is 24.1. The van der Waals surface area contributed by atoms with Crippen molar-refractivity contribution in [2.24, 2.45) is 0 Å². The van der Waals surface area contributed by atoms with Gasteiger partial charge in [-0.25, -0.2) is 17.6 Å². The molecule has 8 aromatic rings. The van der Waals surface area contributed by atoms with Gasteiger partial charge in [0.25, 0.3) is 0 Å². The van der Waals surface area contributed by atoms with Crippen molar-refractivity contribution in [2.45, 2.75) is 0 Å². The van der Waals surface area contributed by atoms with E-state index in [1.54, 1.807) is 121 Å². The third-order valence-corrected chi connectivity index (χ3v) is 7.76. The maximum absolute atomic E-state index is 13.3. The molecule has 0 saturated heterocycles. The Balaban J connectivity index is 0.000000290. The van der Waals surface area contributed by atoms with Crippen LogP contribution in [0, 0.1) is 45.9 Å². The van der Waals surface area contributed by atoms with Crippen molar-refractivity contribution in [1.29, 1.82) is 10.5 Å². The zero-order valence-electron chi connectivity index (χ0n) is 34.9. The van der Waals surface area contributed by atoms with Gasteiger partial charge in [-0.2, -0.15) is 10.5 Å². The molecule has 8 rings (SSSR count). The quantitative estimate of drug-likeness (QED) is 0.215. The zero-order chi connectivity index (χ0) is 49.8. The van der Waals surface area contributed by atoms with Gasteiger partial charge >= 0.3 is 0 Å². The third-order valence-electron chi connectivity index (χ3n) is 7.76. The Morgan fingerprint density at radius 1 is 0.391 bits per heavy atom. The van der Waals surface area contributed by atoms with Crippen LogP contribution in [0.5, 0.6) is 0 Å². The average Bonchev–Trinajstić information content (AvgIpc) is 3.38. The Labute approximate surface area is 402 Å². The Hall–Kier alpha value is -9.43. The van der Waals surface area contributed by atoms with E-state index in [1.165, 1.54) is 49.1 Å². The van der Waals surface area contributed by atoms with Crippen LogP contribution in [0.15, 0.2) is 171 Å². The van der Waals surface area contributed by atoms with Gasteiger partial charge in [0.05, 0.1) is 70.4 Å². The maximum atomic E-state index is 13.3. The molecule has 0 aliphatic carbocycles. The van der Waals surface area contributed by atoms with Crippen LogP contribution >= 0.6 is 0 Å². The van der Waals surface area contributed by atoms with E-state index < -0.39 is 47.1 Å². The van der Waals surface area contributed by atoms with Crippen molar-refractivity contribution in [3.8, 4) is 34.7 Å². The number of carbonyl (C=O) groups excluding carboxylic acids is 4. The van der Waals surface area contributed by atoms with Crippen LogP contribution in [0.2, 0.25) is 0 Å². The minimum absolute atomic E-state index is 0. The zero-order valence-corrected chi connectivity index (χ0v) is 37.2. The van der Waals surface area contributed by atoms with E-state index in [-0.39, 0.29) is 65.4 Å². The first-order valence-electron chi connectivity index (χ1n) is 18.8. The van der Waals surface area contributed by atoms with Crippen molar-refractivity contribution in [2.75, 3.05) is 0 Å². The second-order valence-electron chi connectivity index (χ2n) is 12.3. The van der Waals surface area contributed by atoms with Gasteiger partial charge in [-0.1, -0.05) is 84.9 Å². The first kappa shape index (κ1) is 55.7. The summed E-state index contributed by atoms with van der Waals surface area (Å²) in [6, 6.07) is 39.0. The van der Waals surface area contributed by atoms with E-state index in [0.29, 0.717) is 11.1 Å². The summed E-state index contributed by atoms with van der Waals surface area (Å²) in [5.74, 6) is -9.50. The van der Waals surface area contributed by atoms with Gasteiger partial charge in [0.1, 0.15) is 23.3 Å². The van der Waals surface area contributed by atoms with Crippen LogP contribution in [0.25, 0.3) is 22.5 Å². The molecular weight excluding hydrogens is 1080 g/mol. The van der Waals surface area contributed by atoms with Crippen molar-refractivity contribution in [1.82, 2.24) is 29.9 Å². The standard InChI is InChI=1S/2C12H6F2N2.4C6H5NO2.Ir/c2*13-10-7-16-12(9(6-15)11(10)14)8-4-2-1-3-5-8;4*8-6(9)5-3-1-2-4-7-5;/h2*1-5,7H;4*1-4H,(H,8,9);/p-4. The fourth-order valence-electron chi connectivity index (χ4n) is 4.70. The smallest absolute Gasteiger partial charge is 0.180 e. The first-order valence-corrected chi connectivity index (χ1v) is 18.8. The van der Waals surface area contributed by atoms with Crippen LogP contribution in [0.3, 0.4) is 0 Å². The second kappa shape index (κ2) is 29.9. The SMILES string of the molecule is N#Cc1c(-c2ccccc2)ncc(F)c1F.N#Cc1c(-c2ccccc2)ncc(F)c1F.O=C([O-])c1ccccn1.O=C([O-])c1ccccn1.O=C([O-])c1ccccn1.O=C([O-])c1ccccn1.[Ir]. The van der Waals surface area contributed by atoms with Crippen LogP contribution in [0.1, 0.15) is 53.1 Å². The maximum Gasteiger partial charge on any atom is 0.180 e. The molecule has 0 spiro atoms. The van der Waals surface area contributed by atoms with E-state index in [4.69, 9.17) is 10.5 Å². The molecule has 6 aromatic heterocycles. The van der Waals surface area contributed by atoms with E-state index in [2.05, 4.69) is 29.9 Å². The number of aromatic carboxylic acids is 4. The average molecular weight is 1110 g/mol. The number of rotatable bonds is 6. The van der Waals surface area contributed by atoms with E-state index in [1.807, 2.05) is 0 Å². The Bertz CT molecular complexity index is 2680. The van der Waals surface area contributed by atoms with Crippen LogP contribution < -0.4 is 20.4 Å². The molecule has 0 aliphatic rings. The topological polar surface area (TPSA) is 285 Å². The van der Waals surface area contributed by atoms with E-state index in [0.717, 1.165) is 12.4 Å². The molecule has 0 aliphatic heterocycles. The van der Waals surface area contributed by atoms with Crippen LogP contribution in [0.4, 0.5) is 17.6 Å². The summed E-state index contributed by atoms with van der Waals surface area (Å²) in [5, 5.41) is 57.7. The number of hydrogen-bond donors (Lipinski definition) is 0. The number of pyridine rings is 6. The number of aromatic nitrogens is 6. The molecule has 16 nitrogen and oxygen atoms in total. The summed E-state index contributed by atoms with van der Waals surface area (Å²) in [5.41, 5.74) is 0.613. The molecule has 0 unspecified atom stereocenters. The Morgan fingerprint density at radius 2 is 0.638 bits per heavy atom. The van der Waals surface area contributed by atoms with E-state index in [9.17, 15) is 57.2 Å². The minimum atomic E-state index is -1.24. The predicted molar refractivity (Wildman–Crippen MR) is 223 cm³/mol. The number of hydrogen-bond acceptors (Lipinski definition) is 16. The normalized spacial score (nSPS) is 9.19. The number of nitrogens with zero attached hydrogens (tertiary/aromatic N) is 8. The first-order chi connectivity index (χ1) is 32.7. The van der Waals surface area contributed by atoms with Gasteiger partial charge in [-0.3, -0.25) is 29.9 Å². The Morgan fingerprint density at radius 3 is 0.826 bits per heavy atom. The number of halogens is 4. The largest absolute Gasteiger partial charge is 0.543 e. The van der Waals surface area contributed by atoms with Crippen LogP contribution in [-0.4, -0.2) is 53.8 Å². The molecule has 349 valence electrons. The summed E-state index contributed by atoms with van der Waals surface area (Å²) in [4.78, 5) is 61.7. The molecule has 0 amide bonds. The molecule has 0 fully saturated rings. The number of carboxylic acids is 4. The van der Waals surface area contributed by atoms with Gasteiger partial charge in [0, 0.05) is 56.0 Å². The molecule has 0 saturated carbocycles. The second-order valence-corrected chi connectivity index (χ2v) is 12.3. The molecule has 1 radical (unpaired) electrons. The van der Waals surface area contributed by atoms with Crippen molar-refractivity contribution in [3.05, 3.63) is 228 Å². The summed E-state index contributed by atoms with van der Waals surface area (Å²) < 4.78 is 52.4. The summed E-state index contributed by atoms with van der Waals surface area (Å²) in [7, 11) is 0. The van der Waals surface area contributed by atoms with Crippen LogP contribution in [-0.2, 0) is 20.1 Å². The van der Waals surface area contributed by atoms with Crippen molar-refractivity contribution in [3.63, 3.8) is 0 Å². The fourth-order valence-corrected chi connectivity index (χ4v) is 4.70. The molecular formula is C48H28F4IrN8O8-4. The van der Waals surface area contributed by atoms with Gasteiger partial charge < -0.3 is 39.6 Å². The molecule has 0 atom stereocenters. The fraction of sp³-hybridized carbons (Fsp3) is 0. The monoisotopic (exact) mass is 1110 g/mol.